The first-order chi connectivity index (χ1) is 7.65. The second kappa shape index (κ2) is 4.05. The van der Waals surface area contributed by atoms with Crippen LogP contribution >= 0.6 is 0 Å². The fourth-order valence-corrected chi connectivity index (χ4v) is 1.09. The Hall–Kier alpha value is -2.31. The molecule has 82 valence electrons. The third-order valence-electron chi connectivity index (χ3n) is 1.76. The SMILES string of the molecule is O=c1cnnc(Nc2ccc(F)cc2F)[nH]1. The number of halogens is 2. The third kappa shape index (κ3) is 2.19. The summed E-state index contributed by atoms with van der Waals surface area (Å²) in [5, 5.41) is 9.37. The van der Waals surface area contributed by atoms with Gasteiger partial charge in [-0.1, -0.05) is 0 Å². The quantitative estimate of drug-likeness (QED) is 0.803. The predicted molar refractivity (Wildman–Crippen MR) is 52.3 cm³/mol. The van der Waals surface area contributed by atoms with Crippen molar-refractivity contribution in [1.82, 2.24) is 15.2 Å². The average molecular weight is 224 g/mol. The molecule has 0 saturated heterocycles. The van der Waals surface area contributed by atoms with Crippen LogP contribution in [0.25, 0.3) is 0 Å². The van der Waals surface area contributed by atoms with E-state index in [2.05, 4.69) is 20.5 Å². The van der Waals surface area contributed by atoms with Gasteiger partial charge < -0.3 is 5.32 Å². The van der Waals surface area contributed by atoms with Gasteiger partial charge >= 0.3 is 0 Å². The fourth-order valence-electron chi connectivity index (χ4n) is 1.09. The number of rotatable bonds is 2. The molecule has 0 fully saturated rings. The molecule has 2 aromatic rings. The number of aromatic amines is 1. The zero-order valence-corrected chi connectivity index (χ0v) is 7.87. The number of hydrogen-bond donors (Lipinski definition) is 2. The molecule has 0 aliphatic heterocycles. The van der Waals surface area contributed by atoms with Crippen molar-refractivity contribution in [3.63, 3.8) is 0 Å². The van der Waals surface area contributed by atoms with Gasteiger partial charge in [0.1, 0.15) is 17.8 Å². The zero-order chi connectivity index (χ0) is 11.5. The van der Waals surface area contributed by atoms with Crippen molar-refractivity contribution in [2.75, 3.05) is 5.32 Å². The molecule has 0 amide bonds. The van der Waals surface area contributed by atoms with Crippen molar-refractivity contribution in [2.24, 2.45) is 0 Å². The summed E-state index contributed by atoms with van der Waals surface area (Å²) in [4.78, 5) is 13.2. The van der Waals surface area contributed by atoms with Crippen LogP contribution in [-0.2, 0) is 0 Å². The smallest absolute Gasteiger partial charge is 0.271 e. The highest BCUT2D eigenvalue weighted by molar-refractivity contribution is 5.53. The van der Waals surface area contributed by atoms with Gasteiger partial charge in [-0.25, -0.2) is 8.78 Å². The normalized spacial score (nSPS) is 10.1. The number of anilines is 2. The molecule has 1 heterocycles. The van der Waals surface area contributed by atoms with E-state index in [1.165, 1.54) is 6.07 Å². The van der Waals surface area contributed by atoms with Crippen LogP contribution in [0.1, 0.15) is 0 Å². The molecule has 5 nitrogen and oxygen atoms in total. The Balaban J connectivity index is 2.30. The van der Waals surface area contributed by atoms with E-state index >= 15 is 0 Å². The lowest BCUT2D eigenvalue weighted by Crippen LogP contribution is -2.11. The number of hydrogen-bond acceptors (Lipinski definition) is 4. The standard InChI is InChI=1S/C9H6F2N4O/c10-5-1-2-7(6(11)3-5)13-9-14-8(16)4-12-15-9/h1-4H,(H2,13,14,15,16). The molecule has 0 spiro atoms. The highest BCUT2D eigenvalue weighted by Gasteiger charge is 2.05. The molecular formula is C9H6F2N4O. The van der Waals surface area contributed by atoms with E-state index in [1.54, 1.807) is 0 Å². The van der Waals surface area contributed by atoms with Crippen molar-refractivity contribution < 1.29 is 8.78 Å². The second-order valence-electron chi connectivity index (χ2n) is 2.93. The number of aromatic nitrogens is 3. The van der Waals surface area contributed by atoms with E-state index in [-0.39, 0.29) is 11.6 Å². The maximum Gasteiger partial charge on any atom is 0.271 e. The third-order valence-corrected chi connectivity index (χ3v) is 1.76. The van der Waals surface area contributed by atoms with E-state index < -0.39 is 17.2 Å². The van der Waals surface area contributed by atoms with E-state index in [9.17, 15) is 13.6 Å². The van der Waals surface area contributed by atoms with Gasteiger partial charge in [0.2, 0.25) is 5.95 Å². The maximum absolute atomic E-state index is 13.2. The van der Waals surface area contributed by atoms with Gasteiger partial charge in [-0.05, 0) is 12.1 Å². The summed E-state index contributed by atoms with van der Waals surface area (Å²) in [7, 11) is 0. The molecule has 0 aliphatic carbocycles. The van der Waals surface area contributed by atoms with E-state index in [1.807, 2.05) is 0 Å². The van der Waals surface area contributed by atoms with E-state index in [0.29, 0.717) is 0 Å². The topological polar surface area (TPSA) is 70.7 Å². The lowest BCUT2D eigenvalue weighted by atomic mass is 10.3. The molecule has 0 atom stereocenters. The van der Waals surface area contributed by atoms with Crippen LogP contribution in [0.5, 0.6) is 0 Å². The molecule has 0 bridgehead atoms. The average Bonchev–Trinajstić information content (AvgIpc) is 2.22. The number of nitrogens with zero attached hydrogens (tertiary/aromatic N) is 2. The first-order valence-electron chi connectivity index (χ1n) is 4.29. The Morgan fingerprint density at radius 3 is 2.81 bits per heavy atom. The highest BCUT2D eigenvalue weighted by atomic mass is 19.1. The molecular weight excluding hydrogens is 218 g/mol. The predicted octanol–water partition coefficient (Wildman–Crippen LogP) is 1.19. The van der Waals surface area contributed by atoms with Gasteiger partial charge in [-0.3, -0.25) is 9.78 Å². The zero-order valence-electron chi connectivity index (χ0n) is 7.87. The van der Waals surface area contributed by atoms with Gasteiger partial charge in [0.15, 0.2) is 0 Å². The summed E-state index contributed by atoms with van der Waals surface area (Å²) < 4.78 is 25.8. The van der Waals surface area contributed by atoms with Crippen LogP contribution in [0.3, 0.4) is 0 Å². The Labute approximate surface area is 88.2 Å². The minimum atomic E-state index is -0.786. The lowest BCUT2D eigenvalue weighted by Gasteiger charge is -2.04. The molecule has 2 N–H and O–H groups in total. The summed E-state index contributed by atoms with van der Waals surface area (Å²) in [5.74, 6) is -1.49. The van der Waals surface area contributed by atoms with Crippen LogP contribution in [-0.4, -0.2) is 15.2 Å². The summed E-state index contributed by atoms with van der Waals surface area (Å²) in [5.41, 5.74) is -0.474. The Morgan fingerprint density at radius 1 is 1.31 bits per heavy atom. The molecule has 0 aliphatic rings. The van der Waals surface area contributed by atoms with E-state index in [4.69, 9.17) is 0 Å². The number of H-pyrrole nitrogens is 1. The Morgan fingerprint density at radius 2 is 2.12 bits per heavy atom. The van der Waals surface area contributed by atoms with Crippen molar-refractivity contribution in [2.45, 2.75) is 0 Å². The fraction of sp³-hybridized carbons (Fsp3) is 0. The summed E-state index contributed by atoms with van der Waals surface area (Å²) >= 11 is 0. The summed E-state index contributed by atoms with van der Waals surface area (Å²) in [6, 6.07) is 2.99. The van der Waals surface area contributed by atoms with Crippen molar-refractivity contribution >= 4 is 11.6 Å². The van der Waals surface area contributed by atoms with Crippen LogP contribution in [0.15, 0.2) is 29.2 Å². The van der Waals surface area contributed by atoms with Crippen molar-refractivity contribution in [1.29, 1.82) is 0 Å². The second-order valence-corrected chi connectivity index (χ2v) is 2.93. The Kier molecular flexibility index (Phi) is 2.59. The minimum Gasteiger partial charge on any atom is -0.322 e. The van der Waals surface area contributed by atoms with Crippen LogP contribution in [0, 0.1) is 11.6 Å². The molecule has 0 saturated carbocycles. The molecule has 2 rings (SSSR count). The minimum absolute atomic E-state index is 0.00227. The molecule has 0 unspecified atom stereocenters. The summed E-state index contributed by atoms with van der Waals surface area (Å²) in [6.45, 7) is 0. The lowest BCUT2D eigenvalue weighted by molar-refractivity contribution is 0.586. The highest BCUT2D eigenvalue weighted by Crippen LogP contribution is 2.17. The van der Waals surface area contributed by atoms with Gasteiger partial charge in [-0.15, -0.1) is 10.2 Å². The molecule has 1 aromatic carbocycles. The maximum atomic E-state index is 13.2. The van der Waals surface area contributed by atoms with Crippen molar-refractivity contribution in [3.05, 3.63) is 46.4 Å². The van der Waals surface area contributed by atoms with Crippen molar-refractivity contribution in [3.8, 4) is 0 Å². The van der Waals surface area contributed by atoms with Crippen LogP contribution in [0.2, 0.25) is 0 Å². The van der Waals surface area contributed by atoms with Gasteiger partial charge in [0.05, 0.1) is 5.69 Å². The van der Waals surface area contributed by atoms with Gasteiger partial charge in [-0.2, -0.15) is 0 Å². The summed E-state index contributed by atoms with van der Waals surface area (Å²) in [6.07, 6.45) is 0.978. The van der Waals surface area contributed by atoms with Gasteiger partial charge in [0, 0.05) is 6.07 Å². The van der Waals surface area contributed by atoms with Crippen LogP contribution < -0.4 is 10.9 Å². The molecule has 0 radical (unpaired) electrons. The largest absolute Gasteiger partial charge is 0.322 e. The molecule has 7 heteroatoms. The molecule has 16 heavy (non-hydrogen) atoms. The first kappa shape index (κ1) is 10.2. The molecule has 1 aromatic heterocycles. The monoisotopic (exact) mass is 224 g/mol. The number of benzene rings is 1. The number of nitrogens with one attached hydrogen (secondary N) is 2. The van der Waals surface area contributed by atoms with E-state index in [0.717, 1.165) is 18.3 Å². The Bertz CT molecular complexity index is 569. The van der Waals surface area contributed by atoms with Crippen LogP contribution in [0.4, 0.5) is 20.4 Å². The first-order valence-corrected chi connectivity index (χ1v) is 4.29. The van der Waals surface area contributed by atoms with Gasteiger partial charge in [0.25, 0.3) is 5.56 Å².